The number of rotatable bonds is 6. The molecule has 11 heteroatoms. The molecule has 0 bridgehead atoms. The number of nitrogens with zero attached hydrogens (tertiary/aromatic N) is 1. The van der Waals surface area contributed by atoms with Gasteiger partial charge in [0, 0.05) is 13.1 Å². The number of carbonyl (C=O) groups excluding carboxylic acids is 1. The van der Waals surface area contributed by atoms with E-state index in [4.69, 9.17) is 9.94 Å². The molecule has 0 spiro atoms. The summed E-state index contributed by atoms with van der Waals surface area (Å²) in [6, 6.07) is 4.72. The van der Waals surface area contributed by atoms with Crippen LogP contribution in [0, 0.1) is 5.92 Å². The second-order valence-corrected chi connectivity index (χ2v) is 9.82. The van der Waals surface area contributed by atoms with Gasteiger partial charge in [-0.1, -0.05) is 31.2 Å². The molecule has 2 N–H and O–H groups in total. The summed E-state index contributed by atoms with van der Waals surface area (Å²) >= 11 is 0. The number of alkyl halides is 3. The zero-order chi connectivity index (χ0) is 23.5. The van der Waals surface area contributed by atoms with Crippen LogP contribution < -0.4 is 5.48 Å². The molecule has 0 aromatic heterocycles. The van der Waals surface area contributed by atoms with E-state index in [0.717, 1.165) is 12.1 Å². The van der Waals surface area contributed by atoms with Gasteiger partial charge in [-0.3, -0.25) is 10.0 Å². The van der Waals surface area contributed by atoms with E-state index >= 15 is 0 Å². The molecular weight excluding hydrogens is 449 g/mol. The fourth-order valence-electron chi connectivity index (χ4n) is 3.69. The van der Waals surface area contributed by atoms with Crippen LogP contribution in [0.25, 0.3) is 0 Å². The number of benzene rings is 1. The van der Waals surface area contributed by atoms with E-state index in [0.29, 0.717) is 24.8 Å². The highest BCUT2D eigenvalue weighted by Gasteiger charge is 2.36. The highest BCUT2D eigenvalue weighted by Crippen LogP contribution is 2.32. The zero-order valence-corrected chi connectivity index (χ0v) is 18.2. The molecule has 1 fully saturated rings. The number of amides is 1. The molecule has 2 aliphatic rings. The summed E-state index contributed by atoms with van der Waals surface area (Å²) < 4.78 is 71.3. The van der Waals surface area contributed by atoms with E-state index in [1.165, 1.54) is 34.1 Å². The van der Waals surface area contributed by atoms with E-state index in [1.807, 2.05) is 6.92 Å². The van der Waals surface area contributed by atoms with Gasteiger partial charge >= 0.3 is 6.18 Å². The summed E-state index contributed by atoms with van der Waals surface area (Å²) in [6.45, 7) is 2.32. The molecule has 3 rings (SSSR count). The molecule has 1 aromatic rings. The van der Waals surface area contributed by atoms with Crippen LogP contribution in [0.2, 0.25) is 0 Å². The maximum atomic E-state index is 13.1. The Bertz CT molecular complexity index is 995. The Balaban J connectivity index is 1.59. The zero-order valence-electron chi connectivity index (χ0n) is 17.4. The predicted molar refractivity (Wildman–Crippen MR) is 110 cm³/mol. The van der Waals surface area contributed by atoms with E-state index < -0.39 is 27.7 Å². The number of piperidine rings is 1. The van der Waals surface area contributed by atoms with Gasteiger partial charge in [-0.05, 0) is 42.9 Å². The van der Waals surface area contributed by atoms with Gasteiger partial charge in [0.1, 0.15) is 0 Å². The molecule has 0 saturated carbocycles. The van der Waals surface area contributed by atoms with Gasteiger partial charge in [-0.2, -0.15) is 17.5 Å². The lowest BCUT2D eigenvalue weighted by Gasteiger charge is -2.32. The number of sulfonamides is 1. The van der Waals surface area contributed by atoms with Crippen molar-refractivity contribution in [2.75, 3.05) is 13.1 Å². The number of halogens is 3. The van der Waals surface area contributed by atoms with Crippen LogP contribution in [-0.4, -0.2) is 43.0 Å². The number of ether oxygens (including phenoxy) is 1. The second-order valence-electron chi connectivity index (χ2n) is 7.91. The maximum Gasteiger partial charge on any atom is 0.416 e. The van der Waals surface area contributed by atoms with Crippen molar-refractivity contribution in [3.63, 3.8) is 0 Å². The Hall–Kier alpha value is -2.21. The summed E-state index contributed by atoms with van der Waals surface area (Å²) in [6.07, 6.45) is -0.297. The summed E-state index contributed by atoms with van der Waals surface area (Å²) in [5.74, 6) is -0.943. The largest absolute Gasteiger partial charge is 0.416 e. The summed E-state index contributed by atoms with van der Waals surface area (Å²) in [5, 5.41) is 8.94. The summed E-state index contributed by atoms with van der Waals surface area (Å²) in [7, 11) is -3.94. The minimum Gasteiger partial charge on any atom is -0.373 e. The number of carbonyl (C=O) groups is 1. The van der Waals surface area contributed by atoms with Crippen LogP contribution >= 0.6 is 0 Å². The van der Waals surface area contributed by atoms with Crippen molar-refractivity contribution in [1.82, 2.24) is 9.79 Å². The molecule has 7 nitrogen and oxygen atoms in total. The molecule has 1 aliphatic carbocycles. The van der Waals surface area contributed by atoms with E-state index in [2.05, 4.69) is 0 Å². The number of hydrogen-bond acceptors (Lipinski definition) is 5. The van der Waals surface area contributed by atoms with E-state index in [1.54, 1.807) is 0 Å². The first-order chi connectivity index (χ1) is 15.0. The lowest BCUT2D eigenvalue weighted by molar-refractivity contribution is -0.137. The first-order valence-corrected chi connectivity index (χ1v) is 11.6. The molecular formula is C21H25F3N2O5S. The Morgan fingerprint density at radius 2 is 1.84 bits per heavy atom. The number of hydrogen-bond donors (Lipinski definition) is 2. The summed E-state index contributed by atoms with van der Waals surface area (Å²) in [5.41, 5.74) is 1.28. The van der Waals surface area contributed by atoms with Gasteiger partial charge in [0.2, 0.25) is 10.0 Å². The smallest absolute Gasteiger partial charge is 0.373 e. The van der Waals surface area contributed by atoms with Crippen LogP contribution in [-0.2, 0) is 32.3 Å². The average Bonchev–Trinajstić information content (AvgIpc) is 2.77. The maximum absolute atomic E-state index is 13.1. The van der Waals surface area contributed by atoms with Gasteiger partial charge in [0.05, 0.1) is 28.8 Å². The number of nitrogens with one attached hydrogen (secondary N) is 1. The quantitative estimate of drug-likeness (QED) is 0.487. The monoisotopic (exact) mass is 474 g/mol. The second kappa shape index (κ2) is 9.74. The third-order valence-electron chi connectivity index (χ3n) is 5.53. The van der Waals surface area contributed by atoms with Crippen LogP contribution in [0.4, 0.5) is 13.2 Å². The van der Waals surface area contributed by atoms with Gasteiger partial charge in [-0.15, -0.1) is 0 Å². The lowest BCUT2D eigenvalue weighted by Crippen LogP contribution is -2.42. The van der Waals surface area contributed by atoms with Crippen molar-refractivity contribution in [3.8, 4) is 0 Å². The first-order valence-electron chi connectivity index (χ1n) is 10.2. The van der Waals surface area contributed by atoms with Crippen LogP contribution in [0.3, 0.4) is 0 Å². The van der Waals surface area contributed by atoms with E-state index in [-0.39, 0.29) is 42.2 Å². The van der Waals surface area contributed by atoms with Crippen molar-refractivity contribution < 1.29 is 36.3 Å². The summed E-state index contributed by atoms with van der Waals surface area (Å²) in [4.78, 5) is 11.8. The normalized spacial score (nSPS) is 21.1. The molecule has 1 unspecified atom stereocenters. The molecule has 1 aliphatic heterocycles. The minimum atomic E-state index is -4.39. The average molecular weight is 475 g/mol. The fourth-order valence-corrected chi connectivity index (χ4v) is 5.52. The van der Waals surface area contributed by atoms with Gasteiger partial charge in [0.25, 0.3) is 5.91 Å². The molecule has 1 amide bonds. The Kier molecular flexibility index (Phi) is 7.43. The standard InChI is InChI=1S/C21H25F3N2O5S/c1-14-2-7-18(20(27)25-28)19(12-14)32(29,30)26-10-8-17(9-11-26)31-13-15-3-5-16(6-4-15)21(22,23)24/h3-7,12,14,17,28H,2,8-11,13H2,1H3,(H,25,27). The van der Waals surface area contributed by atoms with Gasteiger partial charge < -0.3 is 4.74 Å². The van der Waals surface area contributed by atoms with Crippen molar-refractivity contribution in [2.24, 2.45) is 5.92 Å². The van der Waals surface area contributed by atoms with Crippen molar-refractivity contribution >= 4 is 15.9 Å². The van der Waals surface area contributed by atoms with Gasteiger partial charge in [0.15, 0.2) is 0 Å². The minimum absolute atomic E-state index is 0.0698. The molecule has 0 radical (unpaired) electrons. The van der Waals surface area contributed by atoms with Crippen LogP contribution in [0.15, 0.2) is 46.9 Å². The fraction of sp³-hybridized carbons (Fsp3) is 0.476. The highest BCUT2D eigenvalue weighted by atomic mass is 32.2. The third-order valence-corrected chi connectivity index (χ3v) is 7.48. The third kappa shape index (κ3) is 5.58. The van der Waals surface area contributed by atoms with Crippen LogP contribution in [0.5, 0.6) is 0 Å². The van der Waals surface area contributed by atoms with Crippen molar-refractivity contribution in [1.29, 1.82) is 0 Å². The topological polar surface area (TPSA) is 95.9 Å². The Morgan fingerprint density at radius 3 is 2.41 bits per heavy atom. The number of allylic oxidation sites excluding steroid dienone is 2. The van der Waals surface area contributed by atoms with Gasteiger partial charge in [-0.25, -0.2) is 13.9 Å². The molecule has 176 valence electrons. The van der Waals surface area contributed by atoms with Crippen molar-refractivity contribution in [2.45, 2.75) is 45.1 Å². The number of hydroxylamine groups is 1. The molecule has 1 aromatic carbocycles. The van der Waals surface area contributed by atoms with E-state index in [9.17, 15) is 26.4 Å². The molecule has 1 heterocycles. The Labute approximate surface area is 184 Å². The first kappa shape index (κ1) is 24.4. The molecule has 32 heavy (non-hydrogen) atoms. The Morgan fingerprint density at radius 1 is 1.22 bits per heavy atom. The highest BCUT2D eigenvalue weighted by molar-refractivity contribution is 7.93. The molecule has 1 atom stereocenters. The molecule has 1 saturated heterocycles. The SMILES string of the molecule is CC1C=C(S(=O)(=O)N2CCC(OCc3ccc(C(F)(F)F)cc3)CC2)C(C(=O)NO)=CC1. The lowest BCUT2D eigenvalue weighted by atomic mass is 9.98. The van der Waals surface area contributed by atoms with Crippen molar-refractivity contribution in [3.05, 3.63) is 58.0 Å². The predicted octanol–water partition coefficient (Wildman–Crippen LogP) is 3.37. The van der Waals surface area contributed by atoms with Crippen LogP contribution in [0.1, 0.15) is 37.3 Å².